The van der Waals surface area contributed by atoms with Gasteiger partial charge in [-0.3, -0.25) is 10.6 Å². The summed E-state index contributed by atoms with van der Waals surface area (Å²) in [5.41, 5.74) is 5.10. The van der Waals surface area contributed by atoms with E-state index in [0.29, 0.717) is 48.6 Å². The van der Waals surface area contributed by atoms with Gasteiger partial charge in [-0.1, -0.05) is 141 Å². The van der Waals surface area contributed by atoms with E-state index in [9.17, 15) is 0 Å². The number of nitrogens with zero attached hydrogens (tertiary/aromatic N) is 3. The molecule has 0 spiro atoms. The maximum atomic E-state index is 5.98. The largest absolute Gasteiger partial charge is 0.337 e. The Kier molecular flexibility index (Phi) is 7.72. The molecule has 0 amide bonds. The number of hydrogen-bond donors (Lipinski definition) is 2. The van der Waals surface area contributed by atoms with Crippen molar-refractivity contribution < 1.29 is 0 Å². The highest BCUT2D eigenvalue weighted by molar-refractivity contribution is 6.77. The van der Waals surface area contributed by atoms with Crippen LogP contribution in [0.25, 0.3) is 11.1 Å². The van der Waals surface area contributed by atoms with Crippen molar-refractivity contribution in [1.82, 2.24) is 20.4 Å². The van der Waals surface area contributed by atoms with E-state index >= 15 is 0 Å². The number of nitrogens with one attached hydrogen (secondary N) is 2. The molecule has 2 aromatic rings. The second-order valence-electron chi connectivity index (χ2n) is 23.2. The Balaban J connectivity index is 1.04. The molecule has 5 nitrogen and oxygen atoms in total. The maximum absolute atomic E-state index is 5.98. The predicted octanol–water partition coefficient (Wildman–Crippen LogP) is 8.98. The van der Waals surface area contributed by atoms with Crippen molar-refractivity contribution in [3.63, 3.8) is 0 Å². The quantitative estimate of drug-likeness (QED) is 0.301. The number of aliphatic imine (C=N–C) groups is 1. The number of guanidine groups is 1. The highest BCUT2D eigenvalue weighted by Crippen LogP contribution is 2.71. The molecule has 10 aliphatic rings. The van der Waals surface area contributed by atoms with Crippen molar-refractivity contribution in [2.24, 2.45) is 75.0 Å². The minimum absolute atomic E-state index is 0.137. The summed E-state index contributed by atoms with van der Waals surface area (Å²) in [5, 5.41) is 8.78. The molecule has 2 N–H and O–H groups in total. The molecule has 6 aliphatic carbocycles. The molecule has 19 unspecified atom stereocenters. The van der Waals surface area contributed by atoms with Crippen molar-refractivity contribution in [1.29, 1.82) is 0 Å². The minimum Gasteiger partial charge on any atom is -0.337 e. The standard InChI is InChI=1S/C50H70BN5/c1-26-27(2)29(4)40-33-24-36-43-42-38(23-22-32(41(33)42)39(40)28(26)3)56-47-46(52-44-45(53-47)50(7,8)25-49(44,5)6)54-48(56)55(43)37-21-15-14-20-35(37)51(36)34-19-13-12-18-31(34)30-16-10-9-11-17-30/h9-13,16-19,26-29,32-33,35-47,52-53H,14-15,20-25H2,1-8H3. The van der Waals surface area contributed by atoms with Crippen molar-refractivity contribution in [3.05, 3.63) is 54.6 Å². The minimum atomic E-state index is 0.137. The molecule has 2 aromatic carbocycles. The zero-order chi connectivity index (χ0) is 38.2. The molecule has 12 rings (SSSR count). The van der Waals surface area contributed by atoms with Gasteiger partial charge in [-0.2, -0.15) is 0 Å². The number of rotatable bonds is 2. The SMILES string of the molecule is CC1C(C)C(C)C2C3CC4B(c5ccccc5-c5ccccc5)C5CCCCC5N5C6=NC7NC8C(NC7N6C6CCC(C2C1C)C3C6C45)C(C)(C)CC8(C)C. The molecule has 6 heteroatoms. The molecule has 56 heavy (non-hydrogen) atoms. The Hall–Kier alpha value is -2.31. The van der Waals surface area contributed by atoms with Crippen LogP contribution in [0.15, 0.2) is 59.6 Å². The van der Waals surface area contributed by atoms with E-state index in [1.807, 2.05) is 0 Å². The Bertz CT molecular complexity index is 1910. The van der Waals surface area contributed by atoms with Crippen LogP contribution in [0.4, 0.5) is 0 Å². The fourth-order valence-electron chi connectivity index (χ4n) is 18.4. The summed E-state index contributed by atoms with van der Waals surface area (Å²) >= 11 is 0. The van der Waals surface area contributed by atoms with Crippen LogP contribution in [-0.2, 0) is 0 Å². The van der Waals surface area contributed by atoms with Crippen LogP contribution >= 0.6 is 0 Å². The van der Waals surface area contributed by atoms with Gasteiger partial charge in [0.1, 0.15) is 12.3 Å². The summed E-state index contributed by atoms with van der Waals surface area (Å²) in [6, 6.07) is 23.9. The highest BCUT2D eigenvalue weighted by atomic mass is 15.6. The van der Waals surface area contributed by atoms with Crippen LogP contribution in [-0.4, -0.2) is 65.0 Å². The van der Waals surface area contributed by atoms with Gasteiger partial charge in [0.15, 0.2) is 12.7 Å². The van der Waals surface area contributed by atoms with Gasteiger partial charge < -0.3 is 9.80 Å². The van der Waals surface area contributed by atoms with E-state index in [4.69, 9.17) is 4.99 Å². The van der Waals surface area contributed by atoms with Gasteiger partial charge in [-0.05, 0) is 113 Å². The van der Waals surface area contributed by atoms with Crippen LogP contribution in [0.2, 0.25) is 11.6 Å². The van der Waals surface area contributed by atoms with Gasteiger partial charge in [0.25, 0.3) is 0 Å². The Morgan fingerprint density at radius 2 is 1.32 bits per heavy atom. The second kappa shape index (κ2) is 12.1. The van der Waals surface area contributed by atoms with E-state index < -0.39 is 0 Å². The van der Waals surface area contributed by atoms with Gasteiger partial charge in [-0.25, -0.2) is 4.99 Å². The Morgan fingerprint density at radius 3 is 2.09 bits per heavy atom. The third kappa shape index (κ3) is 4.56. The number of benzene rings is 2. The van der Waals surface area contributed by atoms with E-state index in [0.717, 1.165) is 59.2 Å². The molecule has 0 bridgehead atoms. The van der Waals surface area contributed by atoms with E-state index in [2.05, 4.69) is 130 Å². The third-order valence-electron chi connectivity index (χ3n) is 20.3. The summed E-state index contributed by atoms with van der Waals surface area (Å²) in [4.78, 5) is 12.1. The number of hydrogen-bond acceptors (Lipinski definition) is 5. The smallest absolute Gasteiger partial charge is 0.200 e. The van der Waals surface area contributed by atoms with Crippen molar-refractivity contribution in [2.75, 3.05) is 0 Å². The summed E-state index contributed by atoms with van der Waals surface area (Å²) in [6.45, 7) is 21.4. The molecule has 4 aliphatic heterocycles. The van der Waals surface area contributed by atoms with Crippen LogP contribution in [0.5, 0.6) is 0 Å². The summed E-state index contributed by atoms with van der Waals surface area (Å²) in [7, 11) is 0. The van der Waals surface area contributed by atoms with Gasteiger partial charge in [0.2, 0.25) is 0 Å². The summed E-state index contributed by atoms with van der Waals surface area (Å²) in [6.07, 6.45) is 11.3. The van der Waals surface area contributed by atoms with Crippen LogP contribution in [0, 0.1) is 70.0 Å². The van der Waals surface area contributed by atoms with Crippen molar-refractivity contribution in [2.45, 2.75) is 161 Å². The molecule has 0 aromatic heterocycles. The Morgan fingerprint density at radius 1 is 0.643 bits per heavy atom. The van der Waals surface area contributed by atoms with Gasteiger partial charge >= 0.3 is 0 Å². The summed E-state index contributed by atoms with van der Waals surface area (Å²) < 4.78 is 0. The molecular weight excluding hydrogens is 681 g/mol. The first-order valence-corrected chi connectivity index (χ1v) is 23.8. The molecule has 4 heterocycles. The fourth-order valence-corrected chi connectivity index (χ4v) is 18.4. The summed E-state index contributed by atoms with van der Waals surface area (Å²) in [5.74, 6) is 11.2. The third-order valence-corrected chi connectivity index (χ3v) is 20.3. The molecule has 298 valence electrons. The fraction of sp³-hybridized carbons (Fsp3) is 0.740. The lowest BCUT2D eigenvalue weighted by Gasteiger charge is -2.69. The van der Waals surface area contributed by atoms with Crippen LogP contribution < -0.4 is 16.1 Å². The number of fused-ring (bicyclic) bond motifs is 11. The Labute approximate surface area is 339 Å². The van der Waals surface area contributed by atoms with Gasteiger partial charge in [0, 0.05) is 36.1 Å². The zero-order valence-electron chi connectivity index (χ0n) is 35.7. The topological polar surface area (TPSA) is 42.9 Å². The molecule has 6 saturated carbocycles. The average molecular weight is 752 g/mol. The highest BCUT2D eigenvalue weighted by Gasteiger charge is 2.73. The first-order chi connectivity index (χ1) is 27.0. The number of piperazine rings is 1. The normalized spacial score (nSPS) is 49.9. The molecular formula is C50H70BN5. The van der Waals surface area contributed by atoms with Crippen LogP contribution in [0.1, 0.15) is 107 Å². The molecule has 9 fully saturated rings. The van der Waals surface area contributed by atoms with Gasteiger partial charge in [0.05, 0.1) is 0 Å². The lowest BCUT2D eigenvalue weighted by atomic mass is 9.22. The molecule has 19 atom stereocenters. The van der Waals surface area contributed by atoms with Crippen molar-refractivity contribution >= 4 is 18.1 Å². The lowest BCUT2D eigenvalue weighted by molar-refractivity contribution is -0.0906. The maximum Gasteiger partial charge on any atom is 0.200 e. The molecule has 3 saturated heterocycles. The van der Waals surface area contributed by atoms with Gasteiger partial charge in [-0.15, -0.1) is 0 Å². The van der Waals surface area contributed by atoms with E-state index in [1.165, 1.54) is 68.5 Å². The van der Waals surface area contributed by atoms with Crippen LogP contribution in [0.3, 0.4) is 0 Å². The van der Waals surface area contributed by atoms with E-state index in [1.54, 1.807) is 5.46 Å². The average Bonchev–Trinajstić information content (AvgIpc) is 3.80. The second-order valence-corrected chi connectivity index (χ2v) is 23.2. The van der Waals surface area contributed by atoms with E-state index in [-0.39, 0.29) is 23.2 Å². The predicted molar refractivity (Wildman–Crippen MR) is 231 cm³/mol. The zero-order valence-corrected chi connectivity index (χ0v) is 35.7. The first-order valence-electron chi connectivity index (χ1n) is 23.8. The first kappa shape index (κ1) is 35.6. The lowest BCUT2D eigenvalue weighted by Crippen LogP contribution is -2.79. The van der Waals surface area contributed by atoms with Crippen molar-refractivity contribution in [3.8, 4) is 11.1 Å². The molecule has 0 radical (unpaired) electrons. The monoisotopic (exact) mass is 752 g/mol.